The molecule has 17 heavy (non-hydrogen) atoms. The summed E-state index contributed by atoms with van der Waals surface area (Å²) in [5, 5.41) is 3.81. The number of fused-ring (bicyclic) bond motifs is 2. The molecular weight excluding hydrogens is 226 g/mol. The Balaban J connectivity index is 1.95. The van der Waals surface area contributed by atoms with Crippen LogP contribution in [0.1, 0.15) is 58.3 Å². The average molecular weight is 255 g/mol. The second-order valence-corrected chi connectivity index (χ2v) is 10.8. The van der Waals surface area contributed by atoms with Crippen LogP contribution in [0, 0.1) is 0 Å². The van der Waals surface area contributed by atoms with Crippen LogP contribution in [0.4, 0.5) is 0 Å². The van der Waals surface area contributed by atoms with Gasteiger partial charge in [0, 0.05) is 6.04 Å². The molecule has 0 radical (unpaired) electrons. The molecule has 2 saturated heterocycles. The summed E-state index contributed by atoms with van der Waals surface area (Å²) in [5.41, 5.74) is 0.0740. The minimum Gasteiger partial charge on any atom is -0.400 e. The van der Waals surface area contributed by atoms with Gasteiger partial charge in [-0.1, -0.05) is 19.8 Å². The zero-order valence-electron chi connectivity index (χ0n) is 11.8. The van der Waals surface area contributed by atoms with Gasteiger partial charge in [0.2, 0.25) is 0 Å². The maximum Gasteiger partial charge on any atom is 0.189 e. The second kappa shape index (κ2) is 5.41. The normalized spacial score (nSPS) is 33.7. The lowest BCUT2D eigenvalue weighted by atomic mass is 9.84. The van der Waals surface area contributed by atoms with Crippen molar-refractivity contribution in [2.45, 2.75) is 89.2 Å². The van der Waals surface area contributed by atoms with Crippen LogP contribution in [-0.4, -0.2) is 20.1 Å². The fraction of sp³-hybridized carbons (Fsp3) is 1.00. The van der Waals surface area contributed by atoms with Crippen LogP contribution in [0.3, 0.4) is 0 Å². The van der Waals surface area contributed by atoms with Crippen molar-refractivity contribution in [3.05, 3.63) is 0 Å². The van der Waals surface area contributed by atoms with Crippen LogP contribution in [0.15, 0.2) is 0 Å². The minimum atomic E-state index is -1.46. The van der Waals surface area contributed by atoms with E-state index in [0.717, 1.165) is 6.04 Å². The first-order valence-electron chi connectivity index (χ1n) is 7.53. The Labute approximate surface area is 108 Å². The molecule has 0 aromatic carbocycles. The lowest BCUT2D eigenvalue weighted by Crippen LogP contribution is -2.61. The molecule has 0 aromatic rings. The summed E-state index contributed by atoms with van der Waals surface area (Å²) in [4.78, 5) is 0. The molecule has 0 atom stereocenters. The van der Waals surface area contributed by atoms with Gasteiger partial charge in [-0.2, -0.15) is 0 Å². The number of unbranched alkanes of at least 4 members (excludes halogenated alkanes) is 1. The van der Waals surface area contributed by atoms with E-state index in [0.29, 0.717) is 0 Å². The average Bonchev–Trinajstić information content (AvgIpc) is 2.25. The van der Waals surface area contributed by atoms with Crippen LogP contribution in [0.2, 0.25) is 19.1 Å². The Bertz CT molecular complexity index is 245. The quantitative estimate of drug-likeness (QED) is 0.749. The summed E-state index contributed by atoms with van der Waals surface area (Å²) >= 11 is 0. The first-order valence-corrected chi connectivity index (χ1v) is 10.6. The smallest absolute Gasteiger partial charge is 0.189 e. The first kappa shape index (κ1) is 13.6. The molecule has 2 heterocycles. The highest BCUT2D eigenvalue weighted by atomic mass is 28.4. The minimum absolute atomic E-state index is 0.0740. The molecule has 0 saturated carbocycles. The van der Waals surface area contributed by atoms with Gasteiger partial charge in [0.15, 0.2) is 8.32 Å². The molecule has 0 unspecified atom stereocenters. The predicted octanol–water partition coefficient (Wildman–Crippen LogP) is 4.03. The van der Waals surface area contributed by atoms with Gasteiger partial charge in [-0.3, -0.25) is 5.32 Å². The van der Waals surface area contributed by atoms with E-state index in [-0.39, 0.29) is 5.72 Å². The summed E-state index contributed by atoms with van der Waals surface area (Å²) in [5.74, 6) is 0. The van der Waals surface area contributed by atoms with E-state index in [1.165, 1.54) is 57.4 Å². The van der Waals surface area contributed by atoms with E-state index in [2.05, 4.69) is 25.3 Å². The van der Waals surface area contributed by atoms with E-state index < -0.39 is 8.32 Å². The van der Waals surface area contributed by atoms with Crippen molar-refractivity contribution >= 4 is 8.32 Å². The van der Waals surface area contributed by atoms with Crippen LogP contribution >= 0.6 is 0 Å². The zero-order chi connectivity index (χ0) is 12.4. The van der Waals surface area contributed by atoms with Gasteiger partial charge in [0.1, 0.15) is 5.72 Å². The maximum atomic E-state index is 6.67. The molecule has 2 rings (SSSR count). The summed E-state index contributed by atoms with van der Waals surface area (Å²) in [6.45, 7) is 7.08. The molecule has 2 aliphatic heterocycles. The first-order chi connectivity index (χ1) is 8.05. The summed E-state index contributed by atoms with van der Waals surface area (Å²) in [7, 11) is -1.46. The Hall–Kier alpha value is 0.137. The molecule has 0 aromatic heterocycles. The number of piperidine rings is 2. The molecule has 3 heteroatoms. The summed E-state index contributed by atoms with van der Waals surface area (Å²) in [6.07, 6.45) is 10.6. The van der Waals surface area contributed by atoms with Crippen molar-refractivity contribution in [3.8, 4) is 0 Å². The third kappa shape index (κ3) is 3.55. The summed E-state index contributed by atoms with van der Waals surface area (Å²) in [6, 6.07) is 2.06. The number of hydrogen-bond acceptors (Lipinski definition) is 2. The Kier molecular flexibility index (Phi) is 4.32. The zero-order valence-corrected chi connectivity index (χ0v) is 12.8. The molecule has 0 aliphatic carbocycles. The van der Waals surface area contributed by atoms with Crippen LogP contribution in [0.5, 0.6) is 0 Å². The Morgan fingerprint density at radius 2 is 1.88 bits per heavy atom. The van der Waals surface area contributed by atoms with Gasteiger partial charge in [-0.05, 0) is 57.7 Å². The van der Waals surface area contributed by atoms with Gasteiger partial charge in [0.25, 0.3) is 0 Å². The van der Waals surface area contributed by atoms with E-state index >= 15 is 0 Å². The number of hydrogen-bond donors (Lipinski definition) is 1. The monoisotopic (exact) mass is 255 g/mol. The molecule has 0 amide bonds. The second-order valence-electron chi connectivity index (χ2n) is 6.59. The van der Waals surface area contributed by atoms with Crippen LogP contribution in [0.25, 0.3) is 0 Å². The highest BCUT2D eigenvalue weighted by molar-refractivity contribution is 6.71. The number of rotatable bonds is 5. The third-order valence-electron chi connectivity index (χ3n) is 4.34. The Morgan fingerprint density at radius 3 is 2.47 bits per heavy atom. The SMILES string of the molecule is CCCC[Si](C)(C)OC12CCCC(CCC1)N2. The van der Waals surface area contributed by atoms with Crippen molar-refractivity contribution in [1.29, 1.82) is 0 Å². The predicted molar refractivity (Wildman–Crippen MR) is 75.6 cm³/mol. The lowest BCUT2D eigenvalue weighted by Gasteiger charge is -2.49. The fourth-order valence-electron chi connectivity index (χ4n) is 3.51. The van der Waals surface area contributed by atoms with Crippen LogP contribution in [-0.2, 0) is 4.43 Å². The van der Waals surface area contributed by atoms with Gasteiger partial charge < -0.3 is 4.43 Å². The van der Waals surface area contributed by atoms with Crippen molar-refractivity contribution in [1.82, 2.24) is 5.32 Å². The molecule has 1 N–H and O–H groups in total. The molecule has 2 bridgehead atoms. The van der Waals surface area contributed by atoms with E-state index in [4.69, 9.17) is 4.43 Å². The largest absolute Gasteiger partial charge is 0.400 e. The Morgan fingerprint density at radius 1 is 1.24 bits per heavy atom. The van der Waals surface area contributed by atoms with Crippen molar-refractivity contribution in [3.63, 3.8) is 0 Å². The topological polar surface area (TPSA) is 21.3 Å². The third-order valence-corrected chi connectivity index (χ3v) is 6.84. The van der Waals surface area contributed by atoms with Crippen molar-refractivity contribution in [2.75, 3.05) is 0 Å². The fourth-order valence-corrected chi connectivity index (χ4v) is 6.14. The van der Waals surface area contributed by atoms with Gasteiger partial charge in [-0.25, -0.2) is 0 Å². The molecular formula is C14H29NOSi. The molecule has 100 valence electrons. The molecule has 2 fully saturated rings. The van der Waals surface area contributed by atoms with Gasteiger partial charge in [0.05, 0.1) is 0 Å². The van der Waals surface area contributed by atoms with Crippen LogP contribution < -0.4 is 5.32 Å². The van der Waals surface area contributed by atoms with Gasteiger partial charge >= 0.3 is 0 Å². The van der Waals surface area contributed by atoms with E-state index in [1.807, 2.05) is 0 Å². The number of nitrogens with one attached hydrogen (secondary N) is 1. The maximum absolute atomic E-state index is 6.67. The summed E-state index contributed by atoms with van der Waals surface area (Å²) < 4.78 is 6.67. The molecule has 2 aliphatic rings. The highest BCUT2D eigenvalue weighted by Crippen LogP contribution is 2.37. The van der Waals surface area contributed by atoms with Crippen molar-refractivity contribution in [2.24, 2.45) is 0 Å². The van der Waals surface area contributed by atoms with E-state index in [1.54, 1.807) is 0 Å². The van der Waals surface area contributed by atoms with E-state index in [9.17, 15) is 0 Å². The highest BCUT2D eigenvalue weighted by Gasteiger charge is 2.43. The lowest BCUT2D eigenvalue weighted by molar-refractivity contribution is -0.0474. The molecule has 0 spiro atoms. The van der Waals surface area contributed by atoms with Gasteiger partial charge in [-0.15, -0.1) is 0 Å². The van der Waals surface area contributed by atoms with Crippen molar-refractivity contribution < 1.29 is 4.43 Å². The molecule has 2 nitrogen and oxygen atoms in total. The standard InChI is InChI=1S/C14H29NOSi/c1-4-5-12-17(2,3)16-14-10-6-8-13(15-14)9-7-11-14/h13,15H,4-12H2,1-3H3.